The molecule has 0 fully saturated rings. The Labute approximate surface area is 157 Å². The van der Waals surface area contributed by atoms with E-state index in [9.17, 15) is 9.18 Å². The van der Waals surface area contributed by atoms with Crippen LogP contribution in [0.5, 0.6) is 0 Å². The van der Waals surface area contributed by atoms with E-state index in [1.807, 2.05) is 31.2 Å². The van der Waals surface area contributed by atoms with E-state index in [1.165, 1.54) is 17.7 Å². The predicted molar refractivity (Wildman–Crippen MR) is 103 cm³/mol. The summed E-state index contributed by atoms with van der Waals surface area (Å²) in [6.07, 6.45) is 0.972. The van der Waals surface area contributed by atoms with Crippen LogP contribution in [0.2, 0.25) is 0 Å². The molecule has 0 spiro atoms. The summed E-state index contributed by atoms with van der Waals surface area (Å²) in [5.41, 5.74) is 3.87. The molecule has 0 bridgehead atoms. The maximum atomic E-state index is 12.9. The second kappa shape index (κ2) is 8.40. The SMILES string of the molecule is CCc1ccc(Nc2nc(C)cc(C(=O)NCc3ccc(F)cc3)n2)cc1. The second-order valence-corrected chi connectivity index (χ2v) is 6.20. The minimum atomic E-state index is -0.311. The minimum Gasteiger partial charge on any atom is -0.347 e. The highest BCUT2D eigenvalue weighted by Crippen LogP contribution is 2.15. The van der Waals surface area contributed by atoms with Crippen LogP contribution < -0.4 is 10.6 Å². The largest absolute Gasteiger partial charge is 0.347 e. The molecule has 0 saturated carbocycles. The van der Waals surface area contributed by atoms with E-state index in [2.05, 4.69) is 27.5 Å². The average Bonchev–Trinajstić information content (AvgIpc) is 2.67. The van der Waals surface area contributed by atoms with Crippen molar-refractivity contribution < 1.29 is 9.18 Å². The van der Waals surface area contributed by atoms with Crippen LogP contribution in [-0.4, -0.2) is 15.9 Å². The summed E-state index contributed by atoms with van der Waals surface area (Å²) in [4.78, 5) is 21.1. The van der Waals surface area contributed by atoms with Crippen LogP contribution in [-0.2, 0) is 13.0 Å². The zero-order valence-electron chi connectivity index (χ0n) is 15.3. The Hall–Kier alpha value is -3.28. The molecule has 27 heavy (non-hydrogen) atoms. The number of aromatic nitrogens is 2. The number of anilines is 2. The van der Waals surface area contributed by atoms with E-state index < -0.39 is 0 Å². The molecule has 0 unspecified atom stereocenters. The number of rotatable bonds is 6. The smallest absolute Gasteiger partial charge is 0.270 e. The number of hydrogen-bond acceptors (Lipinski definition) is 4. The molecule has 3 rings (SSSR count). The van der Waals surface area contributed by atoms with Crippen LogP contribution in [0.1, 0.15) is 34.2 Å². The Bertz CT molecular complexity index is 924. The maximum Gasteiger partial charge on any atom is 0.270 e. The van der Waals surface area contributed by atoms with Crippen molar-refractivity contribution in [3.05, 3.63) is 82.9 Å². The molecule has 0 atom stereocenters. The minimum absolute atomic E-state index is 0.275. The van der Waals surface area contributed by atoms with E-state index in [0.717, 1.165) is 17.7 Å². The molecule has 0 saturated heterocycles. The van der Waals surface area contributed by atoms with Crippen molar-refractivity contribution in [3.8, 4) is 0 Å². The molecule has 2 aromatic carbocycles. The summed E-state index contributed by atoms with van der Waals surface area (Å²) in [6, 6.07) is 15.6. The zero-order valence-corrected chi connectivity index (χ0v) is 15.3. The third kappa shape index (κ3) is 5.10. The molecule has 5 nitrogen and oxygen atoms in total. The molecule has 1 heterocycles. The number of nitrogens with one attached hydrogen (secondary N) is 2. The summed E-state index contributed by atoms with van der Waals surface area (Å²) in [5.74, 6) is -0.250. The number of amides is 1. The standard InChI is InChI=1S/C21H21FN4O/c1-3-15-6-10-18(11-7-15)25-21-24-14(2)12-19(26-21)20(27)23-13-16-4-8-17(22)9-5-16/h4-12H,3,13H2,1-2H3,(H,23,27)(H,24,25,26). The highest BCUT2D eigenvalue weighted by molar-refractivity contribution is 5.92. The number of halogens is 1. The van der Waals surface area contributed by atoms with Gasteiger partial charge in [-0.2, -0.15) is 0 Å². The lowest BCUT2D eigenvalue weighted by Gasteiger charge is -2.09. The van der Waals surface area contributed by atoms with Crippen LogP contribution in [0.3, 0.4) is 0 Å². The predicted octanol–water partition coefficient (Wildman–Crippen LogP) is 4.16. The monoisotopic (exact) mass is 364 g/mol. The van der Waals surface area contributed by atoms with Crippen molar-refractivity contribution >= 4 is 17.5 Å². The Balaban J connectivity index is 1.69. The summed E-state index contributed by atoms with van der Waals surface area (Å²) in [7, 11) is 0. The Morgan fingerprint density at radius 1 is 1.00 bits per heavy atom. The lowest BCUT2D eigenvalue weighted by atomic mass is 10.1. The van der Waals surface area contributed by atoms with Gasteiger partial charge in [0.05, 0.1) is 0 Å². The van der Waals surface area contributed by atoms with Crippen LogP contribution in [0.4, 0.5) is 16.0 Å². The second-order valence-electron chi connectivity index (χ2n) is 6.20. The molecule has 1 amide bonds. The molecule has 6 heteroatoms. The van der Waals surface area contributed by atoms with Gasteiger partial charge in [0.15, 0.2) is 0 Å². The van der Waals surface area contributed by atoms with E-state index in [-0.39, 0.29) is 17.4 Å². The van der Waals surface area contributed by atoms with Gasteiger partial charge in [-0.15, -0.1) is 0 Å². The molecular weight excluding hydrogens is 343 g/mol. The lowest BCUT2D eigenvalue weighted by Crippen LogP contribution is -2.24. The molecular formula is C21H21FN4O. The van der Waals surface area contributed by atoms with Gasteiger partial charge in [0, 0.05) is 17.9 Å². The van der Waals surface area contributed by atoms with Crippen molar-refractivity contribution in [1.29, 1.82) is 0 Å². The van der Waals surface area contributed by atoms with Crippen LogP contribution in [0.15, 0.2) is 54.6 Å². The summed E-state index contributed by atoms with van der Waals surface area (Å²) in [5, 5.41) is 5.92. The zero-order chi connectivity index (χ0) is 19.2. The number of benzene rings is 2. The lowest BCUT2D eigenvalue weighted by molar-refractivity contribution is 0.0945. The Morgan fingerprint density at radius 2 is 1.67 bits per heavy atom. The fourth-order valence-electron chi connectivity index (χ4n) is 2.57. The molecule has 0 aliphatic rings. The first-order valence-electron chi connectivity index (χ1n) is 8.78. The van der Waals surface area contributed by atoms with Gasteiger partial charge in [-0.1, -0.05) is 31.2 Å². The summed E-state index contributed by atoms with van der Waals surface area (Å²) in [6.45, 7) is 4.20. The van der Waals surface area contributed by atoms with E-state index in [1.54, 1.807) is 18.2 Å². The van der Waals surface area contributed by atoms with Gasteiger partial charge < -0.3 is 10.6 Å². The van der Waals surface area contributed by atoms with Gasteiger partial charge in [-0.3, -0.25) is 4.79 Å². The topological polar surface area (TPSA) is 66.9 Å². The first-order chi connectivity index (χ1) is 13.0. The molecule has 0 radical (unpaired) electrons. The van der Waals surface area contributed by atoms with Crippen molar-refractivity contribution in [3.63, 3.8) is 0 Å². The van der Waals surface area contributed by atoms with Gasteiger partial charge in [0.25, 0.3) is 5.91 Å². The number of hydrogen-bond donors (Lipinski definition) is 2. The number of carbonyl (C=O) groups excluding carboxylic acids is 1. The fourth-order valence-corrected chi connectivity index (χ4v) is 2.57. The molecule has 0 aliphatic carbocycles. The van der Waals surface area contributed by atoms with Gasteiger partial charge in [0.2, 0.25) is 5.95 Å². The number of aryl methyl sites for hydroxylation is 2. The first-order valence-corrected chi connectivity index (χ1v) is 8.78. The maximum absolute atomic E-state index is 12.9. The van der Waals surface area contributed by atoms with Crippen molar-refractivity contribution in [2.75, 3.05) is 5.32 Å². The van der Waals surface area contributed by atoms with E-state index in [4.69, 9.17) is 0 Å². The molecule has 1 aromatic heterocycles. The molecule has 138 valence electrons. The van der Waals surface area contributed by atoms with Gasteiger partial charge in [0.1, 0.15) is 11.5 Å². The molecule has 0 aliphatic heterocycles. The van der Waals surface area contributed by atoms with Crippen molar-refractivity contribution in [1.82, 2.24) is 15.3 Å². The number of carbonyl (C=O) groups is 1. The fraction of sp³-hybridized carbons (Fsp3) is 0.190. The highest BCUT2D eigenvalue weighted by atomic mass is 19.1. The van der Waals surface area contributed by atoms with Gasteiger partial charge >= 0.3 is 0 Å². The van der Waals surface area contributed by atoms with Crippen molar-refractivity contribution in [2.45, 2.75) is 26.8 Å². The molecule has 2 N–H and O–H groups in total. The average molecular weight is 364 g/mol. The summed E-state index contributed by atoms with van der Waals surface area (Å²) < 4.78 is 12.9. The van der Waals surface area contributed by atoms with Crippen LogP contribution >= 0.6 is 0 Å². The number of nitrogens with zero attached hydrogens (tertiary/aromatic N) is 2. The third-order valence-corrected chi connectivity index (χ3v) is 4.07. The quantitative estimate of drug-likeness (QED) is 0.689. The normalized spacial score (nSPS) is 10.5. The first kappa shape index (κ1) is 18.5. The Morgan fingerprint density at radius 3 is 2.33 bits per heavy atom. The van der Waals surface area contributed by atoms with Crippen LogP contribution in [0, 0.1) is 12.7 Å². The highest BCUT2D eigenvalue weighted by Gasteiger charge is 2.11. The van der Waals surface area contributed by atoms with Gasteiger partial charge in [-0.05, 0) is 54.8 Å². The third-order valence-electron chi connectivity index (χ3n) is 4.07. The van der Waals surface area contributed by atoms with Gasteiger partial charge in [-0.25, -0.2) is 14.4 Å². The van der Waals surface area contributed by atoms with Crippen molar-refractivity contribution in [2.24, 2.45) is 0 Å². The van der Waals surface area contributed by atoms with Crippen LogP contribution in [0.25, 0.3) is 0 Å². The van der Waals surface area contributed by atoms with E-state index in [0.29, 0.717) is 18.2 Å². The summed E-state index contributed by atoms with van der Waals surface area (Å²) >= 11 is 0. The van der Waals surface area contributed by atoms with E-state index >= 15 is 0 Å². The molecule has 3 aromatic rings. The Kier molecular flexibility index (Phi) is 5.76.